The molecule has 0 bridgehead atoms. The summed E-state index contributed by atoms with van der Waals surface area (Å²) < 4.78 is 2.15. The molecule has 2 saturated heterocycles. The van der Waals surface area contributed by atoms with Crippen LogP contribution in [0.1, 0.15) is 51.2 Å². The zero-order chi connectivity index (χ0) is 35.1. The van der Waals surface area contributed by atoms with Gasteiger partial charge in [-0.15, -0.1) is 10.2 Å². The molecule has 3 aliphatic heterocycles. The number of H-pyrrole nitrogens is 1. The van der Waals surface area contributed by atoms with E-state index in [1.54, 1.807) is 19.2 Å². The zero-order valence-electron chi connectivity index (χ0n) is 28.4. The maximum Gasteiger partial charge on any atom is 0.273 e. The van der Waals surface area contributed by atoms with Crippen molar-refractivity contribution >= 4 is 40.4 Å². The third-order valence-electron chi connectivity index (χ3n) is 9.63. The van der Waals surface area contributed by atoms with Gasteiger partial charge < -0.3 is 30.7 Å². The normalized spacial score (nSPS) is 15.6. The van der Waals surface area contributed by atoms with Crippen molar-refractivity contribution in [2.45, 2.75) is 32.0 Å². The van der Waals surface area contributed by atoms with Crippen molar-refractivity contribution in [3.05, 3.63) is 100 Å². The number of nitrogens with zero attached hydrogens (tertiary/aromatic N) is 8. The van der Waals surface area contributed by atoms with E-state index in [4.69, 9.17) is 10.1 Å². The number of hydrogen-bond donors (Lipinski definition) is 4. The molecule has 7 heterocycles. The molecule has 3 aliphatic rings. The van der Waals surface area contributed by atoms with Gasteiger partial charge in [0.1, 0.15) is 5.69 Å². The van der Waals surface area contributed by atoms with E-state index < -0.39 is 0 Å². The molecule has 0 spiro atoms. The summed E-state index contributed by atoms with van der Waals surface area (Å²) in [7, 11) is 3.59. The Morgan fingerprint density at radius 1 is 0.961 bits per heavy atom. The number of rotatable bonds is 9. The van der Waals surface area contributed by atoms with Crippen molar-refractivity contribution in [1.29, 1.82) is 0 Å². The summed E-state index contributed by atoms with van der Waals surface area (Å²) in [4.78, 5) is 51.2. The number of para-hydroxylation sites is 1. The van der Waals surface area contributed by atoms with Crippen LogP contribution in [0.2, 0.25) is 0 Å². The fourth-order valence-electron chi connectivity index (χ4n) is 7.14. The summed E-state index contributed by atoms with van der Waals surface area (Å²) in [6.07, 6.45) is 5.59. The van der Waals surface area contributed by atoms with Gasteiger partial charge in [0.2, 0.25) is 5.56 Å². The van der Waals surface area contributed by atoms with Gasteiger partial charge in [-0.05, 0) is 37.1 Å². The molecule has 5 aromatic rings. The van der Waals surface area contributed by atoms with Gasteiger partial charge >= 0.3 is 0 Å². The molecular weight excluding hydrogens is 648 g/mol. The van der Waals surface area contributed by atoms with Crippen LogP contribution in [0, 0.1) is 0 Å². The quantitative estimate of drug-likeness (QED) is 0.179. The van der Waals surface area contributed by atoms with E-state index in [1.165, 1.54) is 12.3 Å². The molecule has 0 saturated carbocycles. The molecular formula is C36H38N12O3. The van der Waals surface area contributed by atoms with Gasteiger partial charge in [0.25, 0.3) is 11.8 Å². The summed E-state index contributed by atoms with van der Waals surface area (Å²) in [5.41, 5.74) is 7.29. The second-order valence-electron chi connectivity index (χ2n) is 13.1. The Kier molecular flexibility index (Phi) is 8.39. The number of benzene rings is 1. The monoisotopic (exact) mass is 686 g/mol. The summed E-state index contributed by atoms with van der Waals surface area (Å²) >= 11 is 0. The number of hydrogen-bond acceptors (Lipinski definition) is 11. The number of carbonyl (C=O) groups excluding carboxylic acids is 2. The highest BCUT2D eigenvalue weighted by molar-refractivity contribution is 6.00. The Balaban J connectivity index is 1.00. The highest BCUT2D eigenvalue weighted by Gasteiger charge is 2.34. The Hall–Kier alpha value is -6.09. The van der Waals surface area contributed by atoms with Gasteiger partial charge in [-0.2, -0.15) is 5.10 Å². The van der Waals surface area contributed by atoms with Crippen LogP contribution in [0.5, 0.6) is 0 Å². The van der Waals surface area contributed by atoms with Gasteiger partial charge in [0.05, 0.1) is 47.2 Å². The molecule has 1 aromatic carbocycles. The average Bonchev–Trinajstić information content (AvgIpc) is 3.81. The predicted octanol–water partition coefficient (Wildman–Crippen LogP) is 3.51. The highest BCUT2D eigenvalue weighted by atomic mass is 16.2. The maximum atomic E-state index is 12.9. The lowest BCUT2D eigenvalue weighted by atomic mass is 9.97. The fourth-order valence-corrected chi connectivity index (χ4v) is 7.14. The number of aromatic nitrogens is 6. The molecule has 15 nitrogen and oxygen atoms in total. The first-order chi connectivity index (χ1) is 24.8. The van der Waals surface area contributed by atoms with E-state index >= 15 is 0 Å². The number of fused-ring (bicyclic) bond motifs is 3. The number of carbonyl (C=O) groups is 2. The van der Waals surface area contributed by atoms with Gasteiger partial charge in [-0.1, -0.05) is 18.2 Å². The zero-order valence-corrected chi connectivity index (χ0v) is 28.4. The molecule has 51 heavy (non-hydrogen) atoms. The first-order valence-corrected chi connectivity index (χ1v) is 17.1. The van der Waals surface area contributed by atoms with E-state index in [1.807, 2.05) is 48.5 Å². The molecule has 0 unspecified atom stereocenters. The van der Waals surface area contributed by atoms with E-state index in [-0.39, 0.29) is 29.1 Å². The number of anilines is 5. The molecule has 2 fully saturated rings. The maximum absolute atomic E-state index is 12.9. The van der Waals surface area contributed by atoms with E-state index in [9.17, 15) is 14.4 Å². The lowest BCUT2D eigenvalue weighted by molar-refractivity contribution is 0.0781. The Morgan fingerprint density at radius 3 is 2.59 bits per heavy atom. The van der Waals surface area contributed by atoms with Crippen molar-refractivity contribution in [1.82, 2.24) is 45.1 Å². The summed E-state index contributed by atoms with van der Waals surface area (Å²) in [6, 6.07) is 16.8. The number of nitrogens with one attached hydrogen (secondary N) is 4. The second-order valence-corrected chi connectivity index (χ2v) is 13.1. The molecule has 2 amide bonds. The fraction of sp³-hybridized carbons (Fsp3) is 0.306. The predicted molar refractivity (Wildman–Crippen MR) is 193 cm³/mol. The van der Waals surface area contributed by atoms with Crippen molar-refractivity contribution in [2.24, 2.45) is 0 Å². The summed E-state index contributed by atoms with van der Waals surface area (Å²) in [6.45, 7) is 4.62. The molecule has 4 N–H and O–H groups in total. The van der Waals surface area contributed by atoms with Crippen LogP contribution in [0.4, 0.5) is 28.6 Å². The van der Waals surface area contributed by atoms with E-state index in [0.29, 0.717) is 36.0 Å². The lowest BCUT2D eigenvalue weighted by Crippen LogP contribution is -2.48. The van der Waals surface area contributed by atoms with Crippen LogP contribution < -0.4 is 26.4 Å². The van der Waals surface area contributed by atoms with E-state index in [2.05, 4.69) is 51.7 Å². The summed E-state index contributed by atoms with van der Waals surface area (Å²) in [5.74, 6) is 0.00356. The third kappa shape index (κ3) is 6.27. The molecule has 15 heteroatoms. The topological polar surface area (TPSA) is 169 Å². The molecule has 0 atom stereocenters. The average molecular weight is 687 g/mol. The Morgan fingerprint density at radius 2 is 1.78 bits per heavy atom. The Bertz CT molecular complexity index is 2180. The van der Waals surface area contributed by atoms with Crippen LogP contribution in [-0.4, -0.2) is 91.8 Å². The molecule has 8 rings (SSSR count). The number of pyridine rings is 2. The minimum Gasteiger partial charge on any atom is -0.366 e. The molecule has 260 valence electrons. The number of amides is 2. The van der Waals surface area contributed by atoms with Crippen LogP contribution in [0.25, 0.3) is 11.1 Å². The molecule has 0 radical (unpaired) electrons. The Labute approximate surface area is 293 Å². The molecule has 0 aliphatic carbocycles. The second kappa shape index (κ2) is 13.3. The standard InChI is InChI=1S/C36H38N12O3/c1-37-35(50)33-29(16-31(43-44-33)41-22-11-12-38-32(49)15-22)42-27-9-6-8-25-26-17-39-48(30(26)21-45(2)34(25)27)24-19-46(20-24)18-23-7-5-10-28(40-23)36(51)47-13-3-4-14-47/h5-12,15-17,24H,3-4,13-14,18-21H2,1-2H3,(H,37,50)(H3,38,41,42,43,49). The first-order valence-electron chi connectivity index (χ1n) is 17.1. The van der Waals surface area contributed by atoms with Gasteiger partial charge in [-0.3, -0.25) is 24.0 Å². The smallest absolute Gasteiger partial charge is 0.273 e. The van der Waals surface area contributed by atoms with Crippen molar-refractivity contribution < 1.29 is 9.59 Å². The van der Waals surface area contributed by atoms with Gasteiger partial charge in [-0.25, -0.2) is 4.98 Å². The molecule has 4 aromatic heterocycles. The van der Waals surface area contributed by atoms with Crippen LogP contribution in [0.3, 0.4) is 0 Å². The number of likely N-dealkylation sites (tertiary alicyclic amines) is 2. The van der Waals surface area contributed by atoms with E-state index in [0.717, 1.165) is 72.9 Å². The lowest BCUT2D eigenvalue weighted by Gasteiger charge is -2.40. The third-order valence-corrected chi connectivity index (χ3v) is 9.63. The SMILES string of the molecule is CNC(=O)c1nnc(Nc2cc[nH]c(=O)c2)cc1Nc1cccc2c1N(C)Cc1c-2cnn1C1CN(Cc2cccc(C(=O)N3CCCC3)n2)C1. The van der Waals surface area contributed by atoms with Crippen molar-refractivity contribution in [3.63, 3.8) is 0 Å². The van der Waals surface area contributed by atoms with Gasteiger partial charge in [0.15, 0.2) is 11.5 Å². The minimum absolute atomic E-state index is 0.0229. The van der Waals surface area contributed by atoms with Crippen LogP contribution in [0.15, 0.2) is 71.8 Å². The number of aromatic amines is 1. The van der Waals surface area contributed by atoms with Crippen LogP contribution >= 0.6 is 0 Å². The highest BCUT2D eigenvalue weighted by Crippen LogP contribution is 2.45. The van der Waals surface area contributed by atoms with Crippen molar-refractivity contribution in [3.8, 4) is 11.1 Å². The minimum atomic E-state index is -0.386. The van der Waals surface area contributed by atoms with Crippen molar-refractivity contribution in [2.75, 3.05) is 55.8 Å². The van der Waals surface area contributed by atoms with Gasteiger partial charge in [0, 0.05) is 82.0 Å². The van der Waals surface area contributed by atoms with Crippen LogP contribution in [-0.2, 0) is 13.1 Å². The largest absolute Gasteiger partial charge is 0.366 e. The first kappa shape index (κ1) is 32.1. The summed E-state index contributed by atoms with van der Waals surface area (Å²) in [5, 5.41) is 22.4.